The molecule has 2 rings (SSSR count). The lowest BCUT2D eigenvalue weighted by molar-refractivity contribution is -0.142. The van der Waals surface area contributed by atoms with Crippen LogP contribution in [0.5, 0.6) is 0 Å². The average molecular weight is 294 g/mol. The van der Waals surface area contributed by atoms with Gasteiger partial charge in [0, 0.05) is 11.8 Å². The number of thioether (sulfide) groups is 1. The second-order valence-electron chi connectivity index (χ2n) is 3.25. The minimum Gasteiger partial charge on any atom is -0.261 e. The van der Waals surface area contributed by atoms with Gasteiger partial charge in [-0.25, -0.2) is 9.37 Å². The van der Waals surface area contributed by atoms with E-state index >= 15 is 0 Å². The van der Waals surface area contributed by atoms with E-state index in [1.165, 1.54) is 12.5 Å². The molecule has 0 spiro atoms. The first-order valence-electron chi connectivity index (χ1n) is 4.64. The molecule has 0 aromatic carbocycles. The number of halogens is 4. The highest BCUT2D eigenvalue weighted by Gasteiger charge is 2.37. The third-order valence-electron chi connectivity index (χ3n) is 2.00. The highest BCUT2D eigenvalue weighted by Crippen LogP contribution is 2.41. The summed E-state index contributed by atoms with van der Waals surface area (Å²) in [6.07, 6.45) is -0.701. The van der Waals surface area contributed by atoms with Crippen LogP contribution in [0.3, 0.4) is 0 Å². The van der Waals surface area contributed by atoms with E-state index in [4.69, 9.17) is 0 Å². The number of alkyl halides is 3. The molecule has 2 aromatic rings. The topological polar surface area (TPSA) is 25.8 Å². The van der Waals surface area contributed by atoms with Gasteiger partial charge in [0.25, 0.3) is 0 Å². The van der Waals surface area contributed by atoms with Crippen LogP contribution in [-0.4, -0.2) is 16.2 Å². The molecule has 0 radical (unpaired) electrons. The summed E-state index contributed by atoms with van der Waals surface area (Å²) in [5.74, 6) is -0.609. The lowest BCUT2D eigenvalue weighted by atomic mass is 10.3. The van der Waals surface area contributed by atoms with Gasteiger partial charge in [0.1, 0.15) is 10.8 Å². The lowest BCUT2D eigenvalue weighted by Crippen LogP contribution is -2.06. The number of aromatic nitrogens is 2. The van der Waals surface area contributed by atoms with Crippen molar-refractivity contribution in [3.05, 3.63) is 30.0 Å². The van der Waals surface area contributed by atoms with Crippen molar-refractivity contribution < 1.29 is 17.6 Å². The number of pyridine rings is 1. The van der Waals surface area contributed by atoms with Gasteiger partial charge in [0.2, 0.25) is 0 Å². The molecule has 0 saturated carbocycles. The van der Waals surface area contributed by atoms with Crippen LogP contribution in [0.4, 0.5) is 17.6 Å². The Kier molecular flexibility index (Phi) is 3.58. The monoisotopic (exact) mass is 294 g/mol. The van der Waals surface area contributed by atoms with Crippen LogP contribution in [0.1, 0.15) is 5.69 Å². The minimum absolute atomic E-state index is 0.0572. The van der Waals surface area contributed by atoms with Crippen molar-refractivity contribution in [2.75, 3.05) is 6.26 Å². The van der Waals surface area contributed by atoms with E-state index in [0.717, 1.165) is 35.4 Å². The van der Waals surface area contributed by atoms with E-state index in [9.17, 15) is 17.6 Å². The zero-order chi connectivity index (χ0) is 13.3. The molecular weight excluding hydrogens is 288 g/mol. The van der Waals surface area contributed by atoms with Crippen LogP contribution in [0, 0.1) is 5.82 Å². The Morgan fingerprint density at radius 1 is 1.28 bits per heavy atom. The molecule has 2 heterocycles. The fourth-order valence-electron chi connectivity index (χ4n) is 1.28. The summed E-state index contributed by atoms with van der Waals surface area (Å²) in [4.78, 5) is 7.12. The number of rotatable bonds is 2. The molecule has 0 fully saturated rings. The van der Waals surface area contributed by atoms with Gasteiger partial charge in [-0.3, -0.25) is 4.98 Å². The maximum absolute atomic E-state index is 13.0. The van der Waals surface area contributed by atoms with Crippen molar-refractivity contribution >= 4 is 23.1 Å². The molecule has 18 heavy (non-hydrogen) atoms. The molecule has 0 saturated heterocycles. The molecule has 0 unspecified atom stereocenters. The fourth-order valence-corrected chi connectivity index (χ4v) is 3.00. The maximum Gasteiger partial charge on any atom is 0.435 e. The van der Waals surface area contributed by atoms with Crippen LogP contribution < -0.4 is 0 Å². The first-order valence-corrected chi connectivity index (χ1v) is 6.69. The predicted molar refractivity (Wildman–Crippen MR) is 62.1 cm³/mol. The summed E-state index contributed by atoms with van der Waals surface area (Å²) in [5.41, 5.74) is -0.690. The average Bonchev–Trinajstić information content (AvgIpc) is 2.72. The molecule has 96 valence electrons. The minimum atomic E-state index is -4.51. The van der Waals surface area contributed by atoms with Gasteiger partial charge in [-0.05, 0) is 12.3 Å². The van der Waals surface area contributed by atoms with Gasteiger partial charge in [-0.15, -0.1) is 23.1 Å². The van der Waals surface area contributed by atoms with Crippen molar-refractivity contribution in [3.63, 3.8) is 0 Å². The van der Waals surface area contributed by atoms with Crippen molar-refractivity contribution in [1.29, 1.82) is 0 Å². The van der Waals surface area contributed by atoms with E-state index in [-0.39, 0.29) is 14.8 Å². The van der Waals surface area contributed by atoms with E-state index < -0.39 is 17.7 Å². The van der Waals surface area contributed by atoms with E-state index in [1.54, 1.807) is 0 Å². The number of nitrogens with zero attached hydrogens (tertiary/aromatic N) is 2. The summed E-state index contributed by atoms with van der Waals surface area (Å²) in [6.45, 7) is 0. The van der Waals surface area contributed by atoms with Gasteiger partial charge >= 0.3 is 6.18 Å². The zero-order valence-electron chi connectivity index (χ0n) is 8.95. The Bertz CT molecular complexity index is 565. The SMILES string of the molecule is CSc1sc(-c2cncc(F)c2)nc1C(F)(F)F. The predicted octanol–water partition coefficient (Wildman–Crippen LogP) is 4.08. The molecule has 2 aromatic heterocycles. The quantitative estimate of drug-likeness (QED) is 0.616. The van der Waals surface area contributed by atoms with Crippen LogP contribution in [0.2, 0.25) is 0 Å². The molecule has 0 aliphatic heterocycles. The third-order valence-corrected chi connectivity index (χ3v) is 4.22. The second-order valence-corrected chi connectivity index (χ2v) is 5.32. The first-order chi connectivity index (χ1) is 8.41. The van der Waals surface area contributed by atoms with Gasteiger partial charge in [-0.1, -0.05) is 0 Å². The van der Waals surface area contributed by atoms with Crippen molar-refractivity contribution in [2.24, 2.45) is 0 Å². The molecular formula is C10H6F4N2S2. The van der Waals surface area contributed by atoms with Gasteiger partial charge in [0.15, 0.2) is 5.69 Å². The smallest absolute Gasteiger partial charge is 0.261 e. The Balaban J connectivity index is 2.51. The van der Waals surface area contributed by atoms with E-state index in [0.29, 0.717) is 0 Å². The van der Waals surface area contributed by atoms with Gasteiger partial charge in [-0.2, -0.15) is 13.2 Å². The number of hydrogen-bond donors (Lipinski definition) is 0. The summed E-state index contributed by atoms with van der Waals surface area (Å²) >= 11 is 1.84. The molecule has 2 nitrogen and oxygen atoms in total. The highest BCUT2D eigenvalue weighted by atomic mass is 32.2. The molecule has 0 atom stereocenters. The largest absolute Gasteiger partial charge is 0.435 e. The van der Waals surface area contributed by atoms with Gasteiger partial charge < -0.3 is 0 Å². The second kappa shape index (κ2) is 4.85. The van der Waals surface area contributed by atoms with Gasteiger partial charge in [0.05, 0.1) is 10.4 Å². The molecule has 0 amide bonds. The number of thiazole rings is 1. The highest BCUT2D eigenvalue weighted by molar-refractivity contribution is 8.00. The Morgan fingerprint density at radius 3 is 2.50 bits per heavy atom. The van der Waals surface area contributed by atoms with Crippen LogP contribution in [0.15, 0.2) is 22.7 Å². The standard InChI is InChI=1S/C10H6F4N2S2/c1-17-9-7(10(12,13)14)16-8(18-9)5-2-6(11)4-15-3-5/h2-4H,1H3. The zero-order valence-corrected chi connectivity index (χ0v) is 10.6. The lowest BCUT2D eigenvalue weighted by Gasteiger charge is -2.03. The third kappa shape index (κ3) is 2.64. The van der Waals surface area contributed by atoms with Crippen molar-refractivity contribution in [3.8, 4) is 10.6 Å². The molecule has 0 N–H and O–H groups in total. The summed E-state index contributed by atoms with van der Waals surface area (Å²) in [7, 11) is 0. The van der Waals surface area contributed by atoms with Crippen LogP contribution in [-0.2, 0) is 6.18 Å². The molecule has 0 aliphatic rings. The fraction of sp³-hybridized carbons (Fsp3) is 0.200. The Labute approximate surface area is 108 Å². The summed E-state index contributed by atoms with van der Waals surface area (Å²) in [5, 5.41) is 0.110. The molecule has 0 bridgehead atoms. The summed E-state index contributed by atoms with van der Waals surface area (Å²) in [6, 6.07) is 1.11. The Hall–Kier alpha value is -1.15. The maximum atomic E-state index is 13.0. The normalized spacial score (nSPS) is 11.8. The van der Waals surface area contributed by atoms with E-state index in [2.05, 4.69) is 9.97 Å². The first kappa shape index (κ1) is 13.3. The Morgan fingerprint density at radius 2 is 2.00 bits per heavy atom. The van der Waals surface area contributed by atoms with E-state index in [1.807, 2.05) is 0 Å². The van der Waals surface area contributed by atoms with Crippen LogP contribution >= 0.6 is 23.1 Å². The molecule has 8 heteroatoms. The van der Waals surface area contributed by atoms with Crippen molar-refractivity contribution in [2.45, 2.75) is 10.4 Å². The summed E-state index contributed by atoms with van der Waals surface area (Å²) < 4.78 is 51.1. The van der Waals surface area contributed by atoms with Crippen LogP contribution in [0.25, 0.3) is 10.6 Å². The number of hydrogen-bond acceptors (Lipinski definition) is 4. The molecule has 0 aliphatic carbocycles. The van der Waals surface area contributed by atoms with Crippen molar-refractivity contribution in [1.82, 2.24) is 9.97 Å².